The first-order valence-corrected chi connectivity index (χ1v) is 4.73. The van der Waals surface area contributed by atoms with Crippen molar-refractivity contribution in [2.24, 2.45) is 7.05 Å². The van der Waals surface area contributed by atoms with Gasteiger partial charge in [-0.1, -0.05) is 0 Å². The molecule has 4 nitrogen and oxygen atoms in total. The van der Waals surface area contributed by atoms with Crippen molar-refractivity contribution in [3.8, 4) is 0 Å². The molecule has 0 aliphatic heterocycles. The zero-order valence-electron chi connectivity index (χ0n) is 6.89. The summed E-state index contributed by atoms with van der Waals surface area (Å²) in [6.07, 6.45) is 3.23. The fourth-order valence-corrected chi connectivity index (χ4v) is 1.54. The minimum Gasteiger partial charge on any atom is -0.270 e. The van der Waals surface area contributed by atoms with Crippen LogP contribution in [0.2, 0.25) is 0 Å². The molecule has 0 spiro atoms. The van der Waals surface area contributed by atoms with Gasteiger partial charge in [0, 0.05) is 6.07 Å². The van der Waals surface area contributed by atoms with Gasteiger partial charge in [0.05, 0.1) is 7.11 Å². The number of nitrogens with zero attached hydrogens (tertiary/aromatic N) is 1. The SMILES string of the molecule is COS(=O)(=O)c1ccc[n+](C)c1. The van der Waals surface area contributed by atoms with Gasteiger partial charge < -0.3 is 0 Å². The van der Waals surface area contributed by atoms with Gasteiger partial charge in [0.2, 0.25) is 0 Å². The van der Waals surface area contributed by atoms with E-state index < -0.39 is 10.1 Å². The Balaban J connectivity index is 3.21. The molecule has 0 atom stereocenters. The minimum atomic E-state index is -3.54. The summed E-state index contributed by atoms with van der Waals surface area (Å²) in [5, 5.41) is 0. The number of hydrogen-bond acceptors (Lipinski definition) is 3. The van der Waals surface area contributed by atoms with Gasteiger partial charge in [-0.05, 0) is 6.07 Å². The Morgan fingerprint density at radius 1 is 1.50 bits per heavy atom. The number of aromatic nitrogens is 1. The summed E-state index contributed by atoms with van der Waals surface area (Å²) in [5.41, 5.74) is 0. The van der Waals surface area contributed by atoms with Crippen LogP contribution in [0.15, 0.2) is 29.4 Å². The third kappa shape index (κ3) is 1.80. The smallest absolute Gasteiger partial charge is 0.270 e. The molecule has 5 heteroatoms. The zero-order valence-corrected chi connectivity index (χ0v) is 7.71. The van der Waals surface area contributed by atoms with E-state index in [1.807, 2.05) is 0 Å². The van der Waals surface area contributed by atoms with Gasteiger partial charge >= 0.3 is 10.1 Å². The van der Waals surface area contributed by atoms with E-state index in [1.54, 1.807) is 23.9 Å². The molecule has 1 heterocycles. The fraction of sp³-hybridized carbons (Fsp3) is 0.286. The van der Waals surface area contributed by atoms with Crippen LogP contribution in [0.3, 0.4) is 0 Å². The van der Waals surface area contributed by atoms with Crippen molar-refractivity contribution in [1.82, 2.24) is 0 Å². The molecule has 0 unspecified atom stereocenters. The summed E-state index contributed by atoms with van der Waals surface area (Å²) < 4.78 is 28.2. The molecule has 0 aliphatic carbocycles. The van der Waals surface area contributed by atoms with E-state index in [0.717, 1.165) is 7.11 Å². The highest BCUT2D eigenvalue weighted by molar-refractivity contribution is 7.86. The molecule has 0 saturated carbocycles. The van der Waals surface area contributed by atoms with Crippen LogP contribution in [-0.4, -0.2) is 15.5 Å². The molecule has 0 N–H and O–H groups in total. The summed E-state index contributed by atoms with van der Waals surface area (Å²) in [6.45, 7) is 0. The highest BCUT2D eigenvalue weighted by atomic mass is 32.2. The van der Waals surface area contributed by atoms with Crippen molar-refractivity contribution < 1.29 is 17.2 Å². The van der Waals surface area contributed by atoms with Crippen LogP contribution in [0.4, 0.5) is 0 Å². The van der Waals surface area contributed by atoms with Crippen LogP contribution in [0.5, 0.6) is 0 Å². The number of rotatable bonds is 2. The molecule has 0 amide bonds. The van der Waals surface area contributed by atoms with Crippen LogP contribution in [0.25, 0.3) is 0 Å². The molecule has 1 aromatic heterocycles. The van der Waals surface area contributed by atoms with Crippen LogP contribution in [0.1, 0.15) is 0 Å². The fourth-order valence-electron chi connectivity index (χ4n) is 0.805. The average Bonchev–Trinajstić information content (AvgIpc) is 2.05. The Kier molecular flexibility index (Phi) is 2.44. The van der Waals surface area contributed by atoms with Crippen molar-refractivity contribution >= 4 is 10.1 Å². The van der Waals surface area contributed by atoms with Crippen LogP contribution < -0.4 is 4.57 Å². The second-order valence-corrected chi connectivity index (χ2v) is 4.04. The van der Waals surface area contributed by atoms with Crippen molar-refractivity contribution in [2.75, 3.05) is 7.11 Å². The maximum absolute atomic E-state index is 11.1. The van der Waals surface area contributed by atoms with E-state index >= 15 is 0 Å². The first-order chi connectivity index (χ1) is 5.56. The van der Waals surface area contributed by atoms with Crippen molar-refractivity contribution in [3.05, 3.63) is 24.5 Å². The van der Waals surface area contributed by atoms with E-state index in [9.17, 15) is 8.42 Å². The van der Waals surface area contributed by atoms with E-state index in [1.165, 1.54) is 12.3 Å². The van der Waals surface area contributed by atoms with Crippen molar-refractivity contribution in [3.63, 3.8) is 0 Å². The molecule has 0 aliphatic rings. The summed E-state index contributed by atoms with van der Waals surface area (Å²) >= 11 is 0. The monoisotopic (exact) mass is 188 g/mol. The maximum Gasteiger partial charge on any atom is 0.302 e. The van der Waals surface area contributed by atoms with Crippen molar-refractivity contribution in [1.29, 1.82) is 0 Å². The lowest BCUT2D eigenvalue weighted by molar-refractivity contribution is -0.673. The molecular weight excluding hydrogens is 178 g/mol. The first-order valence-electron chi connectivity index (χ1n) is 3.32. The van der Waals surface area contributed by atoms with Gasteiger partial charge in [0.15, 0.2) is 17.3 Å². The molecule has 1 aromatic rings. The van der Waals surface area contributed by atoms with E-state index in [-0.39, 0.29) is 4.90 Å². The topological polar surface area (TPSA) is 47.3 Å². The van der Waals surface area contributed by atoms with E-state index in [2.05, 4.69) is 4.18 Å². The van der Waals surface area contributed by atoms with Crippen LogP contribution in [0, 0.1) is 0 Å². The van der Waals surface area contributed by atoms with Crippen molar-refractivity contribution in [2.45, 2.75) is 4.90 Å². The van der Waals surface area contributed by atoms with Gasteiger partial charge in [-0.25, -0.2) is 4.57 Å². The van der Waals surface area contributed by atoms with Gasteiger partial charge in [0.1, 0.15) is 7.05 Å². The normalized spacial score (nSPS) is 11.5. The number of hydrogen-bond donors (Lipinski definition) is 0. The van der Waals surface area contributed by atoms with Gasteiger partial charge in [0.25, 0.3) is 0 Å². The molecule has 0 bridgehead atoms. The molecule has 66 valence electrons. The predicted octanol–water partition coefficient (Wildman–Crippen LogP) is -0.154. The van der Waals surface area contributed by atoms with E-state index in [4.69, 9.17) is 0 Å². The Morgan fingerprint density at radius 2 is 2.17 bits per heavy atom. The Hall–Kier alpha value is -0.940. The molecule has 12 heavy (non-hydrogen) atoms. The summed E-state index contributed by atoms with van der Waals surface area (Å²) in [7, 11) is -0.656. The standard InChI is InChI=1S/C7H10NO3S/c1-8-5-3-4-7(6-8)12(9,10)11-2/h3-6H,1-2H3/q+1. The quantitative estimate of drug-likeness (QED) is 0.479. The third-order valence-corrected chi connectivity index (χ3v) is 2.68. The Labute approximate surface area is 71.5 Å². The zero-order chi connectivity index (χ0) is 9.19. The average molecular weight is 188 g/mol. The first kappa shape index (κ1) is 9.15. The van der Waals surface area contributed by atoms with Crippen LogP contribution in [-0.2, 0) is 21.3 Å². The lowest BCUT2D eigenvalue weighted by atomic mass is 10.5. The second-order valence-electron chi connectivity index (χ2n) is 2.33. The predicted molar refractivity (Wildman–Crippen MR) is 41.8 cm³/mol. The highest BCUT2D eigenvalue weighted by Gasteiger charge is 2.15. The number of aryl methyl sites for hydroxylation is 1. The number of pyridine rings is 1. The molecule has 1 rings (SSSR count). The molecular formula is C7H10NO3S+. The summed E-state index contributed by atoms with van der Waals surface area (Å²) in [4.78, 5) is 0.162. The minimum absolute atomic E-state index is 0.162. The molecule has 0 aromatic carbocycles. The molecule has 0 fully saturated rings. The highest BCUT2D eigenvalue weighted by Crippen LogP contribution is 2.06. The lowest BCUT2D eigenvalue weighted by Gasteiger charge is -1.97. The van der Waals surface area contributed by atoms with Crippen LogP contribution >= 0.6 is 0 Å². The second kappa shape index (κ2) is 3.20. The summed E-state index contributed by atoms with van der Waals surface area (Å²) in [5.74, 6) is 0. The molecule has 0 saturated heterocycles. The molecule has 0 radical (unpaired) electrons. The van der Waals surface area contributed by atoms with Gasteiger partial charge in [-0.15, -0.1) is 0 Å². The Morgan fingerprint density at radius 3 is 2.67 bits per heavy atom. The van der Waals surface area contributed by atoms with E-state index in [0.29, 0.717) is 0 Å². The lowest BCUT2D eigenvalue weighted by Crippen LogP contribution is -2.27. The van der Waals surface area contributed by atoms with Gasteiger partial charge in [-0.2, -0.15) is 8.42 Å². The van der Waals surface area contributed by atoms with Gasteiger partial charge in [-0.3, -0.25) is 4.18 Å². The maximum atomic E-state index is 11.1. The third-order valence-electron chi connectivity index (χ3n) is 1.42. The largest absolute Gasteiger partial charge is 0.302 e. The summed E-state index contributed by atoms with van der Waals surface area (Å²) in [6, 6.07) is 3.13. The Bertz CT molecular complexity index is 372.